The molecule has 1 atom stereocenters. The van der Waals surface area contributed by atoms with Crippen molar-refractivity contribution in [2.24, 2.45) is 11.7 Å². The summed E-state index contributed by atoms with van der Waals surface area (Å²) in [4.78, 5) is 37.7. The Balaban J connectivity index is 1.75. The molecule has 148 valence electrons. The van der Waals surface area contributed by atoms with Crippen LogP contribution >= 0.6 is 0 Å². The topological polar surface area (TPSA) is 117 Å². The van der Waals surface area contributed by atoms with Crippen LogP contribution in [0.25, 0.3) is 0 Å². The van der Waals surface area contributed by atoms with Crippen molar-refractivity contribution in [2.75, 3.05) is 25.0 Å². The maximum Gasteiger partial charge on any atom is 0.312 e. The third-order valence-electron chi connectivity index (χ3n) is 4.61. The SMILES string of the molecule is CC(C)[C@@H](NC(N)=O)C(=O)NC1CCN(CC(=O)Nc2ccccc2)CC1. The van der Waals surface area contributed by atoms with Gasteiger partial charge in [0, 0.05) is 24.8 Å². The highest BCUT2D eigenvalue weighted by atomic mass is 16.2. The first-order valence-corrected chi connectivity index (χ1v) is 9.28. The molecule has 2 rings (SSSR count). The van der Waals surface area contributed by atoms with Crippen LogP contribution in [0.5, 0.6) is 0 Å². The number of carbonyl (C=O) groups excluding carboxylic acids is 3. The van der Waals surface area contributed by atoms with E-state index < -0.39 is 12.1 Å². The molecule has 0 radical (unpaired) electrons. The number of benzene rings is 1. The lowest BCUT2D eigenvalue weighted by Crippen LogP contribution is -2.55. The second-order valence-corrected chi connectivity index (χ2v) is 7.20. The van der Waals surface area contributed by atoms with Crippen LogP contribution in [0.15, 0.2) is 30.3 Å². The lowest BCUT2D eigenvalue weighted by molar-refractivity contribution is -0.125. The lowest BCUT2D eigenvalue weighted by atomic mass is 10.0. The molecule has 4 amide bonds. The van der Waals surface area contributed by atoms with Crippen molar-refractivity contribution in [1.82, 2.24) is 15.5 Å². The van der Waals surface area contributed by atoms with Gasteiger partial charge < -0.3 is 21.7 Å². The second-order valence-electron chi connectivity index (χ2n) is 7.20. The lowest BCUT2D eigenvalue weighted by Gasteiger charge is -2.33. The Kier molecular flexibility index (Phi) is 7.60. The van der Waals surface area contributed by atoms with Crippen LogP contribution < -0.4 is 21.7 Å². The summed E-state index contributed by atoms with van der Waals surface area (Å²) in [6.45, 7) is 5.49. The predicted octanol–water partition coefficient (Wildman–Crippen LogP) is 0.899. The molecule has 8 nitrogen and oxygen atoms in total. The number of nitrogens with zero attached hydrogens (tertiary/aromatic N) is 1. The first-order chi connectivity index (χ1) is 12.8. The van der Waals surface area contributed by atoms with Gasteiger partial charge in [-0.05, 0) is 30.9 Å². The van der Waals surface area contributed by atoms with Gasteiger partial charge in [-0.3, -0.25) is 14.5 Å². The minimum atomic E-state index is -0.705. The summed E-state index contributed by atoms with van der Waals surface area (Å²) in [5.74, 6) is -0.322. The van der Waals surface area contributed by atoms with Gasteiger partial charge in [0.2, 0.25) is 11.8 Å². The van der Waals surface area contributed by atoms with Crippen molar-refractivity contribution in [2.45, 2.75) is 38.8 Å². The van der Waals surface area contributed by atoms with Gasteiger partial charge in [-0.15, -0.1) is 0 Å². The van der Waals surface area contributed by atoms with E-state index in [-0.39, 0.29) is 23.8 Å². The molecular formula is C19H29N5O3. The molecule has 1 fully saturated rings. The van der Waals surface area contributed by atoms with E-state index in [9.17, 15) is 14.4 Å². The summed E-state index contributed by atoms with van der Waals surface area (Å²) in [5.41, 5.74) is 5.93. The van der Waals surface area contributed by atoms with E-state index in [1.165, 1.54) is 0 Å². The summed E-state index contributed by atoms with van der Waals surface area (Å²) in [5, 5.41) is 8.35. The highest BCUT2D eigenvalue weighted by Gasteiger charge is 2.27. The van der Waals surface area contributed by atoms with Crippen LogP contribution in [0.1, 0.15) is 26.7 Å². The van der Waals surface area contributed by atoms with E-state index in [0.29, 0.717) is 6.54 Å². The number of rotatable bonds is 7. The zero-order valence-electron chi connectivity index (χ0n) is 15.9. The molecule has 0 spiro atoms. The van der Waals surface area contributed by atoms with Crippen LogP contribution in [0.4, 0.5) is 10.5 Å². The van der Waals surface area contributed by atoms with Gasteiger partial charge >= 0.3 is 6.03 Å². The Bertz CT molecular complexity index is 642. The highest BCUT2D eigenvalue weighted by molar-refractivity contribution is 5.92. The number of anilines is 1. The molecule has 1 saturated heterocycles. The number of piperidine rings is 1. The molecule has 0 unspecified atom stereocenters. The van der Waals surface area contributed by atoms with Crippen molar-refractivity contribution in [3.8, 4) is 0 Å². The number of carbonyl (C=O) groups is 3. The molecule has 1 aromatic rings. The van der Waals surface area contributed by atoms with Gasteiger partial charge in [0.05, 0.1) is 6.54 Å². The number of amides is 4. The van der Waals surface area contributed by atoms with Crippen molar-refractivity contribution < 1.29 is 14.4 Å². The molecule has 5 N–H and O–H groups in total. The zero-order chi connectivity index (χ0) is 19.8. The van der Waals surface area contributed by atoms with Gasteiger partial charge in [-0.25, -0.2) is 4.79 Å². The normalized spacial score (nSPS) is 16.6. The molecular weight excluding hydrogens is 346 g/mol. The molecule has 0 bridgehead atoms. The monoisotopic (exact) mass is 375 g/mol. The Hall–Kier alpha value is -2.61. The number of primary amides is 1. The van der Waals surface area contributed by atoms with Gasteiger partial charge in [-0.1, -0.05) is 32.0 Å². The van der Waals surface area contributed by atoms with Crippen LogP contribution in [-0.4, -0.2) is 54.5 Å². The summed E-state index contributed by atoms with van der Waals surface area (Å²) >= 11 is 0. The predicted molar refractivity (Wildman–Crippen MR) is 104 cm³/mol. The molecule has 27 heavy (non-hydrogen) atoms. The van der Waals surface area contributed by atoms with E-state index >= 15 is 0 Å². The minimum absolute atomic E-state index is 0.0295. The summed E-state index contributed by atoms with van der Waals surface area (Å²) in [7, 11) is 0. The molecule has 0 aliphatic carbocycles. The average molecular weight is 375 g/mol. The zero-order valence-corrected chi connectivity index (χ0v) is 15.9. The maximum atomic E-state index is 12.4. The van der Waals surface area contributed by atoms with E-state index in [2.05, 4.69) is 20.9 Å². The van der Waals surface area contributed by atoms with Crippen molar-refractivity contribution in [1.29, 1.82) is 0 Å². The number of urea groups is 1. The fourth-order valence-corrected chi connectivity index (χ4v) is 3.14. The van der Waals surface area contributed by atoms with E-state index in [4.69, 9.17) is 5.73 Å². The Labute approximate surface area is 159 Å². The summed E-state index contributed by atoms with van der Waals surface area (Å²) in [6.07, 6.45) is 1.51. The van der Waals surface area contributed by atoms with Gasteiger partial charge in [0.25, 0.3) is 0 Å². The third-order valence-corrected chi connectivity index (χ3v) is 4.61. The van der Waals surface area contributed by atoms with E-state index in [0.717, 1.165) is 31.6 Å². The molecule has 1 aliphatic rings. The number of nitrogens with one attached hydrogen (secondary N) is 3. The van der Waals surface area contributed by atoms with Crippen LogP contribution in [-0.2, 0) is 9.59 Å². The number of hydrogen-bond acceptors (Lipinski definition) is 4. The number of para-hydroxylation sites is 1. The second kappa shape index (κ2) is 9.91. The quantitative estimate of drug-likeness (QED) is 0.566. The van der Waals surface area contributed by atoms with Crippen LogP contribution in [0, 0.1) is 5.92 Å². The Morgan fingerprint density at radius 1 is 1.15 bits per heavy atom. The average Bonchev–Trinajstić information content (AvgIpc) is 2.61. The van der Waals surface area contributed by atoms with E-state index in [1.54, 1.807) is 0 Å². The molecule has 1 heterocycles. The van der Waals surface area contributed by atoms with Crippen LogP contribution in [0.3, 0.4) is 0 Å². The molecule has 1 aromatic carbocycles. The van der Waals surface area contributed by atoms with Crippen molar-refractivity contribution >= 4 is 23.5 Å². The maximum absolute atomic E-state index is 12.4. The minimum Gasteiger partial charge on any atom is -0.352 e. The highest BCUT2D eigenvalue weighted by Crippen LogP contribution is 2.12. The third kappa shape index (κ3) is 6.90. The molecule has 1 aliphatic heterocycles. The Morgan fingerprint density at radius 2 is 1.78 bits per heavy atom. The van der Waals surface area contributed by atoms with Crippen LogP contribution in [0.2, 0.25) is 0 Å². The van der Waals surface area contributed by atoms with Crippen molar-refractivity contribution in [3.63, 3.8) is 0 Å². The van der Waals surface area contributed by atoms with Gasteiger partial charge in [0.15, 0.2) is 0 Å². The summed E-state index contributed by atoms with van der Waals surface area (Å²) < 4.78 is 0. The first kappa shape index (κ1) is 20.7. The smallest absolute Gasteiger partial charge is 0.312 e. The molecule has 0 saturated carbocycles. The van der Waals surface area contributed by atoms with Crippen molar-refractivity contribution in [3.05, 3.63) is 30.3 Å². The standard InChI is InChI=1S/C19H29N5O3/c1-13(2)17(23-19(20)27)18(26)22-15-8-10-24(11-9-15)12-16(25)21-14-6-4-3-5-7-14/h3-7,13,15,17H,8-12H2,1-2H3,(H,21,25)(H,22,26)(H3,20,23,27)/t17-/m1/s1. The molecule has 0 aromatic heterocycles. The fraction of sp³-hybridized carbons (Fsp3) is 0.526. The Morgan fingerprint density at radius 3 is 2.33 bits per heavy atom. The van der Waals surface area contributed by atoms with E-state index in [1.807, 2.05) is 44.2 Å². The molecule has 8 heteroatoms. The number of likely N-dealkylation sites (tertiary alicyclic amines) is 1. The fourth-order valence-electron chi connectivity index (χ4n) is 3.14. The number of nitrogens with two attached hydrogens (primary N) is 1. The number of hydrogen-bond donors (Lipinski definition) is 4. The van der Waals surface area contributed by atoms with Gasteiger partial charge in [0.1, 0.15) is 6.04 Å². The summed E-state index contributed by atoms with van der Waals surface area (Å²) in [6, 6.07) is 8.04. The largest absolute Gasteiger partial charge is 0.352 e. The van der Waals surface area contributed by atoms with Gasteiger partial charge in [-0.2, -0.15) is 0 Å². The first-order valence-electron chi connectivity index (χ1n) is 9.28.